The van der Waals surface area contributed by atoms with Crippen molar-refractivity contribution in [1.82, 2.24) is 4.98 Å². The standard InChI is InChI=1S/C15H17N3O/c1-10(16)12-6-3-4-8-14(12)18-15(19)13-7-5-9-17-11(13)2/h3-10H,16H2,1-2H3,(H,18,19). The second kappa shape index (κ2) is 5.63. The molecule has 0 bridgehead atoms. The van der Waals surface area contributed by atoms with Gasteiger partial charge in [0.05, 0.1) is 5.56 Å². The Morgan fingerprint density at radius 1 is 1.26 bits per heavy atom. The average Bonchev–Trinajstić information content (AvgIpc) is 2.39. The fraction of sp³-hybridized carbons (Fsp3) is 0.200. The van der Waals surface area contributed by atoms with Crippen LogP contribution in [0.25, 0.3) is 0 Å². The Morgan fingerprint density at radius 3 is 2.68 bits per heavy atom. The second-order valence-corrected chi connectivity index (χ2v) is 4.47. The number of carbonyl (C=O) groups excluding carboxylic acids is 1. The molecule has 0 radical (unpaired) electrons. The number of para-hydroxylation sites is 1. The van der Waals surface area contributed by atoms with Gasteiger partial charge in [-0.05, 0) is 37.6 Å². The van der Waals surface area contributed by atoms with Crippen molar-refractivity contribution in [3.05, 3.63) is 59.4 Å². The lowest BCUT2D eigenvalue weighted by molar-refractivity contribution is 0.102. The van der Waals surface area contributed by atoms with Crippen molar-refractivity contribution in [2.45, 2.75) is 19.9 Å². The van der Waals surface area contributed by atoms with Gasteiger partial charge in [-0.25, -0.2) is 0 Å². The molecule has 1 atom stereocenters. The zero-order valence-corrected chi connectivity index (χ0v) is 11.1. The van der Waals surface area contributed by atoms with E-state index in [1.165, 1.54) is 0 Å². The maximum Gasteiger partial charge on any atom is 0.257 e. The number of pyridine rings is 1. The summed E-state index contributed by atoms with van der Waals surface area (Å²) in [5.74, 6) is -0.168. The predicted octanol–water partition coefficient (Wildman–Crippen LogP) is 2.66. The number of aromatic nitrogens is 1. The van der Waals surface area contributed by atoms with Gasteiger partial charge in [0.25, 0.3) is 5.91 Å². The highest BCUT2D eigenvalue weighted by molar-refractivity contribution is 6.05. The number of anilines is 1. The Kier molecular flexibility index (Phi) is 3.92. The molecule has 1 heterocycles. The molecule has 2 aromatic rings. The first-order chi connectivity index (χ1) is 9.09. The molecule has 0 saturated heterocycles. The van der Waals surface area contributed by atoms with Crippen molar-refractivity contribution in [3.63, 3.8) is 0 Å². The molecule has 0 spiro atoms. The topological polar surface area (TPSA) is 68.0 Å². The first-order valence-electron chi connectivity index (χ1n) is 6.17. The molecule has 0 aliphatic carbocycles. The molecule has 0 saturated carbocycles. The van der Waals surface area contributed by atoms with E-state index in [1.54, 1.807) is 18.3 Å². The molecule has 3 N–H and O–H groups in total. The van der Waals surface area contributed by atoms with Crippen molar-refractivity contribution >= 4 is 11.6 Å². The summed E-state index contributed by atoms with van der Waals surface area (Å²) >= 11 is 0. The fourth-order valence-electron chi connectivity index (χ4n) is 1.92. The van der Waals surface area contributed by atoms with E-state index in [9.17, 15) is 4.79 Å². The van der Waals surface area contributed by atoms with E-state index < -0.39 is 0 Å². The Bertz CT molecular complexity index is 593. The van der Waals surface area contributed by atoms with Gasteiger partial charge in [0.2, 0.25) is 0 Å². The monoisotopic (exact) mass is 255 g/mol. The van der Waals surface area contributed by atoms with E-state index in [2.05, 4.69) is 10.3 Å². The summed E-state index contributed by atoms with van der Waals surface area (Å²) in [7, 11) is 0. The van der Waals surface area contributed by atoms with E-state index in [0.29, 0.717) is 11.3 Å². The summed E-state index contributed by atoms with van der Waals surface area (Å²) in [6.07, 6.45) is 1.67. The Labute approximate surface area is 112 Å². The minimum absolute atomic E-state index is 0.133. The molecule has 0 fully saturated rings. The molecule has 4 nitrogen and oxygen atoms in total. The van der Waals surface area contributed by atoms with Crippen LogP contribution in [0.1, 0.15) is 34.6 Å². The fourth-order valence-corrected chi connectivity index (χ4v) is 1.92. The summed E-state index contributed by atoms with van der Waals surface area (Å²) in [5.41, 5.74) is 8.83. The normalized spacial score (nSPS) is 11.9. The molecule has 0 aliphatic rings. The van der Waals surface area contributed by atoms with Crippen LogP contribution in [0, 0.1) is 6.92 Å². The van der Waals surface area contributed by atoms with Crippen molar-refractivity contribution in [3.8, 4) is 0 Å². The first kappa shape index (κ1) is 13.2. The predicted molar refractivity (Wildman–Crippen MR) is 76.0 cm³/mol. The van der Waals surface area contributed by atoms with Crippen LogP contribution in [0.4, 0.5) is 5.69 Å². The zero-order valence-electron chi connectivity index (χ0n) is 11.1. The first-order valence-corrected chi connectivity index (χ1v) is 6.17. The van der Waals surface area contributed by atoms with E-state index in [-0.39, 0.29) is 11.9 Å². The Hall–Kier alpha value is -2.20. The van der Waals surface area contributed by atoms with Crippen LogP contribution >= 0.6 is 0 Å². The largest absolute Gasteiger partial charge is 0.324 e. The highest BCUT2D eigenvalue weighted by atomic mass is 16.1. The minimum atomic E-state index is -0.168. The summed E-state index contributed by atoms with van der Waals surface area (Å²) < 4.78 is 0. The number of amides is 1. The van der Waals surface area contributed by atoms with Crippen LogP contribution in [0.2, 0.25) is 0 Å². The SMILES string of the molecule is Cc1ncccc1C(=O)Nc1ccccc1C(C)N. The average molecular weight is 255 g/mol. The Morgan fingerprint density at radius 2 is 2.00 bits per heavy atom. The zero-order chi connectivity index (χ0) is 13.8. The molecule has 1 aromatic heterocycles. The van der Waals surface area contributed by atoms with Crippen molar-refractivity contribution in [2.24, 2.45) is 5.73 Å². The van der Waals surface area contributed by atoms with Gasteiger partial charge in [0.1, 0.15) is 0 Å². The van der Waals surface area contributed by atoms with Gasteiger partial charge >= 0.3 is 0 Å². The van der Waals surface area contributed by atoms with Gasteiger partial charge in [0, 0.05) is 23.6 Å². The minimum Gasteiger partial charge on any atom is -0.324 e. The maximum atomic E-state index is 12.2. The number of benzene rings is 1. The third kappa shape index (κ3) is 2.98. The van der Waals surface area contributed by atoms with Gasteiger partial charge in [-0.1, -0.05) is 18.2 Å². The van der Waals surface area contributed by atoms with Crippen LogP contribution < -0.4 is 11.1 Å². The molecule has 98 valence electrons. The number of nitrogens with zero attached hydrogens (tertiary/aromatic N) is 1. The van der Waals surface area contributed by atoms with E-state index >= 15 is 0 Å². The van der Waals surface area contributed by atoms with E-state index in [0.717, 1.165) is 11.3 Å². The van der Waals surface area contributed by atoms with Crippen LogP contribution in [0.5, 0.6) is 0 Å². The summed E-state index contributed by atoms with van der Waals surface area (Å²) in [4.78, 5) is 16.3. The van der Waals surface area contributed by atoms with Crippen LogP contribution in [-0.2, 0) is 0 Å². The van der Waals surface area contributed by atoms with Crippen LogP contribution in [0.3, 0.4) is 0 Å². The molecule has 0 aliphatic heterocycles. The number of carbonyl (C=O) groups is 1. The second-order valence-electron chi connectivity index (χ2n) is 4.47. The number of rotatable bonds is 3. The molecular formula is C15H17N3O. The number of nitrogens with one attached hydrogen (secondary N) is 1. The molecule has 19 heavy (non-hydrogen) atoms. The summed E-state index contributed by atoms with van der Waals surface area (Å²) in [6.45, 7) is 3.70. The summed E-state index contributed by atoms with van der Waals surface area (Å²) in [5, 5.41) is 2.89. The Balaban J connectivity index is 2.27. The van der Waals surface area contributed by atoms with Crippen molar-refractivity contribution in [1.29, 1.82) is 0 Å². The van der Waals surface area contributed by atoms with Gasteiger partial charge in [-0.3, -0.25) is 9.78 Å². The molecule has 1 amide bonds. The molecule has 2 rings (SSSR count). The highest BCUT2D eigenvalue weighted by Crippen LogP contribution is 2.21. The lowest BCUT2D eigenvalue weighted by Gasteiger charge is -2.14. The maximum absolute atomic E-state index is 12.2. The van der Waals surface area contributed by atoms with Gasteiger partial charge in [-0.2, -0.15) is 0 Å². The van der Waals surface area contributed by atoms with Crippen molar-refractivity contribution in [2.75, 3.05) is 5.32 Å². The quantitative estimate of drug-likeness (QED) is 0.886. The van der Waals surface area contributed by atoms with E-state index in [1.807, 2.05) is 38.1 Å². The van der Waals surface area contributed by atoms with Gasteiger partial charge < -0.3 is 11.1 Å². The lowest BCUT2D eigenvalue weighted by atomic mass is 10.1. The number of nitrogens with two attached hydrogens (primary N) is 1. The molecule has 1 aromatic carbocycles. The third-order valence-electron chi connectivity index (χ3n) is 2.95. The summed E-state index contributed by atoms with van der Waals surface area (Å²) in [6, 6.07) is 10.9. The van der Waals surface area contributed by atoms with Crippen LogP contribution in [-0.4, -0.2) is 10.9 Å². The van der Waals surface area contributed by atoms with Crippen molar-refractivity contribution < 1.29 is 4.79 Å². The van der Waals surface area contributed by atoms with Gasteiger partial charge in [-0.15, -0.1) is 0 Å². The lowest BCUT2D eigenvalue weighted by Crippen LogP contribution is -2.17. The van der Waals surface area contributed by atoms with Gasteiger partial charge in [0.15, 0.2) is 0 Å². The molecular weight excluding hydrogens is 238 g/mol. The smallest absolute Gasteiger partial charge is 0.257 e. The number of hydrogen-bond donors (Lipinski definition) is 2. The third-order valence-corrected chi connectivity index (χ3v) is 2.95. The highest BCUT2D eigenvalue weighted by Gasteiger charge is 2.12. The van der Waals surface area contributed by atoms with Crippen LogP contribution in [0.15, 0.2) is 42.6 Å². The molecule has 4 heteroatoms. The number of aryl methyl sites for hydroxylation is 1. The number of hydrogen-bond acceptors (Lipinski definition) is 3. The van der Waals surface area contributed by atoms with E-state index in [4.69, 9.17) is 5.73 Å². The molecule has 1 unspecified atom stereocenters.